The molecule has 33 heavy (non-hydrogen) atoms. The van der Waals surface area contributed by atoms with E-state index >= 15 is 0 Å². The highest BCUT2D eigenvalue weighted by molar-refractivity contribution is 7.90. The third-order valence-corrected chi connectivity index (χ3v) is 7.28. The molecule has 5 nitrogen and oxygen atoms in total. The molecule has 0 amide bonds. The second-order valence-electron chi connectivity index (χ2n) is 9.06. The zero-order valence-electron chi connectivity index (χ0n) is 18.9. The quantitative estimate of drug-likeness (QED) is 0.388. The van der Waals surface area contributed by atoms with Gasteiger partial charge in [0.2, 0.25) is 0 Å². The van der Waals surface area contributed by atoms with Gasteiger partial charge in [-0.25, -0.2) is 13.4 Å². The molecule has 0 bridgehead atoms. The lowest BCUT2D eigenvalue weighted by molar-refractivity contribution is 0.504. The molecule has 1 aromatic carbocycles. The lowest BCUT2D eigenvalue weighted by atomic mass is 9.76. The van der Waals surface area contributed by atoms with Crippen LogP contribution in [0.3, 0.4) is 0 Å². The SMILES string of the molecule is CC1(C)CC=CC=C1c1nc2ccccn2c1-c1ccnc(-c2ccc(S(C)(=O)=O)cc2)c1. The zero-order valence-corrected chi connectivity index (χ0v) is 19.7. The van der Waals surface area contributed by atoms with Gasteiger partial charge in [0.25, 0.3) is 0 Å². The van der Waals surface area contributed by atoms with Crippen molar-refractivity contribution in [2.24, 2.45) is 5.41 Å². The first-order chi connectivity index (χ1) is 15.7. The molecule has 5 rings (SSSR count). The van der Waals surface area contributed by atoms with Gasteiger partial charge >= 0.3 is 0 Å². The summed E-state index contributed by atoms with van der Waals surface area (Å²) in [5.41, 5.74) is 6.72. The van der Waals surface area contributed by atoms with E-state index in [-0.39, 0.29) is 5.41 Å². The summed E-state index contributed by atoms with van der Waals surface area (Å²) in [6, 6.07) is 16.9. The molecule has 1 aliphatic carbocycles. The molecule has 0 N–H and O–H groups in total. The van der Waals surface area contributed by atoms with Crippen LogP contribution < -0.4 is 0 Å². The average Bonchev–Trinajstić information content (AvgIpc) is 3.17. The number of nitrogens with zero attached hydrogens (tertiary/aromatic N) is 3. The van der Waals surface area contributed by atoms with Crippen LogP contribution in [0.5, 0.6) is 0 Å². The number of benzene rings is 1. The molecule has 0 unspecified atom stereocenters. The maximum Gasteiger partial charge on any atom is 0.175 e. The van der Waals surface area contributed by atoms with Crippen LogP contribution in [-0.2, 0) is 9.84 Å². The number of aromatic nitrogens is 3. The molecule has 0 fully saturated rings. The molecule has 0 aliphatic heterocycles. The van der Waals surface area contributed by atoms with Crippen LogP contribution in [0.15, 0.2) is 90.1 Å². The molecule has 6 heteroatoms. The van der Waals surface area contributed by atoms with Crippen molar-refractivity contribution in [2.45, 2.75) is 25.2 Å². The van der Waals surface area contributed by atoms with Crippen molar-refractivity contribution >= 4 is 21.1 Å². The van der Waals surface area contributed by atoms with Gasteiger partial charge in [-0.05, 0) is 53.8 Å². The van der Waals surface area contributed by atoms with Gasteiger partial charge in [-0.2, -0.15) is 0 Å². The van der Waals surface area contributed by atoms with Crippen LogP contribution in [0.1, 0.15) is 26.0 Å². The average molecular weight is 456 g/mol. The van der Waals surface area contributed by atoms with Crippen molar-refractivity contribution in [3.8, 4) is 22.5 Å². The first kappa shape index (κ1) is 21.3. The van der Waals surface area contributed by atoms with Gasteiger partial charge < -0.3 is 0 Å². The standard InChI is InChI=1S/C27H25N3O2S/c1-27(2)15-6-4-8-22(27)25-26(30-17-7-5-9-24(30)29-25)20-14-16-28-23(18-20)19-10-12-21(13-11-19)33(3,31)32/h4-14,16-18H,15H2,1-3H3. The van der Waals surface area contributed by atoms with E-state index in [1.54, 1.807) is 30.5 Å². The molecule has 0 radical (unpaired) electrons. The number of allylic oxidation sites excluding steroid dienone is 4. The molecule has 0 saturated carbocycles. The molecular weight excluding hydrogens is 430 g/mol. The smallest absolute Gasteiger partial charge is 0.175 e. The van der Waals surface area contributed by atoms with E-state index in [2.05, 4.69) is 41.5 Å². The third kappa shape index (κ3) is 3.91. The van der Waals surface area contributed by atoms with Gasteiger partial charge in [0.15, 0.2) is 9.84 Å². The number of fused-ring (bicyclic) bond motifs is 1. The summed E-state index contributed by atoms with van der Waals surface area (Å²) in [5, 5.41) is 0. The van der Waals surface area contributed by atoms with Crippen molar-refractivity contribution in [3.05, 3.63) is 90.9 Å². The molecule has 3 heterocycles. The monoisotopic (exact) mass is 455 g/mol. The molecule has 4 aromatic rings. The van der Waals surface area contributed by atoms with Crippen LogP contribution in [0.2, 0.25) is 0 Å². The third-order valence-electron chi connectivity index (χ3n) is 6.15. The van der Waals surface area contributed by atoms with E-state index in [9.17, 15) is 8.42 Å². The molecule has 3 aromatic heterocycles. The maximum atomic E-state index is 11.8. The fourth-order valence-electron chi connectivity index (χ4n) is 4.33. The highest BCUT2D eigenvalue weighted by Crippen LogP contribution is 2.43. The Balaban J connectivity index is 1.68. The van der Waals surface area contributed by atoms with Gasteiger partial charge in [0.05, 0.1) is 22.0 Å². The molecule has 0 saturated heterocycles. The van der Waals surface area contributed by atoms with Gasteiger partial charge in [0.1, 0.15) is 5.65 Å². The van der Waals surface area contributed by atoms with E-state index < -0.39 is 9.84 Å². The Morgan fingerprint density at radius 3 is 2.52 bits per heavy atom. The highest BCUT2D eigenvalue weighted by Gasteiger charge is 2.29. The Hall–Kier alpha value is -3.51. The lowest BCUT2D eigenvalue weighted by Crippen LogP contribution is -2.15. The lowest BCUT2D eigenvalue weighted by Gasteiger charge is -2.28. The first-order valence-electron chi connectivity index (χ1n) is 10.9. The number of pyridine rings is 2. The molecule has 1 aliphatic rings. The summed E-state index contributed by atoms with van der Waals surface area (Å²) in [4.78, 5) is 9.88. The van der Waals surface area contributed by atoms with Gasteiger partial charge in [-0.3, -0.25) is 9.38 Å². The Morgan fingerprint density at radius 2 is 1.79 bits per heavy atom. The minimum Gasteiger partial charge on any atom is -0.299 e. The van der Waals surface area contributed by atoms with Crippen molar-refractivity contribution in [1.29, 1.82) is 0 Å². The van der Waals surface area contributed by atoms with Crippen LogP contribution in [0, 0.1) is 5.41 Å². The molecule has 166 valence electrons. The van der Waals surface area contributed by atoms with Gasteiger partial charge in [-0.1, -0.05) is 50.3 Å². The van der Waals surface area contributed by atoms with Crippen LogP contribution in [0.4, 0.5) is 0 Å². The van der Waals surface area contributed by atoms with Crippen LogP contribution in [0.25, 0.3) is 33.7 Å². The van der Waals surface area contributed by atoms with Crippen molar-refractivity contribution in [2.75, 3.05) is 6.26 Å². The van der Waals surface area contributed by atoms with E-state index in [4.69, 9.17) is 4.98 Å². The number of hydrogen-bond acceptors (Lipinski definition) is 4. The van der Waals surface area contributed by atoms with E-state index in [1.165, 1.54) is 11.8 Å². The van der Waals surface area contributed by atoms with Crippen molar-refractivity contribution in [3.63, 3.8) is 0 Å². The van der Waals surface area contributed by atoms with Crippen LogP contribution >= 0.6 is 0 Å². The minimum atomic E-state index is -3.24. The second-order valence-corrected chi connectivity index (χ2v) is 11.1. The maximum absolute atomic E-state index is 11.8. The summed E-state index contributed by atoms with van der Waals surface area (Å²) in [7, 11) is -3.24. The molecular formula is C27H25N3O2S. The van der Waals surface area contributed by atoms with Crippen molar-refractivity contribution < 1.29 is 8.42 Å². The Morgan fingerprint density at radius 1 is 1.00 bits per heavy atom. The normalized spacial score (nSPS) is 15.5. The van der Waals surface area contributed by atoms with E-state index in [1.807, 2.05) is 36.5 Å². The number of imidazole rings is 1. The van der Waals surface area contributed by atoms with Crippen LogP contribution in [-0.4, -0.2) is 29.0 Å². The number of sulfone groups is 1. The first-order valence-corrected chi connectivity index (χ1v) is 12.7. The molecule has 0 atom stereocenters. The minimum absolute atomic E-state index is 0.0290. The predicted octanol–water partition coefficient (Wildman–Crippen LogP) is 5.84. The predicted molar refractivity (Wildman–Crippen MR) is 132 cm³/mol. The Labute approximate surface area is 194 Å². The fraction of sp³-hybridized carbons (Fsp3) is 0.185. The Bertz CT molecular complexity index is 1530. The summed E-state index contributed by atoms with van der Waals surface area (Å²) in [5.74, 6) is 0. The highest BCUT2D eigenvalue weighted by atomic mass is 32.2. The second kappa shape index (κ2) is 7.81. The van der Waals surface area contributed by atoms with Gasteiger partial charge in [-0.15, -0.1) is 0 Å². The summed E-state index contributed by atoms with van der Waals surface area (Å²) >= 11 is 0. The summed E-state index contributed by atoms with van der Waals surface area (Å²) in [6.07, 6.45) is 12.5. The van der Waals surface area contributed by atoms with Crippen molar-refractivity contribution in [1.82, 2.24) is 14.4 Å². The zero-order chi connectivity index (χ0) is 23.2. The fourth-order valence-corrected chi connectivity index (χ4v) is 4.96. The topological polar surface area (TPSA) is 64.3 Å². The number of hydrogen-bond donors (Lipinski definition) is 0. The van der Waals surface area contributed by atoms with Gasteiger partial charge in [0, 0.05) is 29.8 Å². The Kier molecular flexibility index (Phi) is 5.05. The van der Waals surface area contributed by atoms with E-state index in [0.29, 0.717) is 4.90 Å². The van der Waals surface area contributed by atoms with E-state index in [0.717, 1.165) is 40.3 Å². The molecule has 0 spiro atoms. The largest absolute Gasteiger partial charge is 0.299 e. The number of rotatable bonds is 4. The summed E-state index contributed by atoms with van der Waals surface area (Å²) in [6.45, 7) is 4.49. The summed E-state index contributed by atoms with van der Waals surface area (Å²) < 4.78 is 25.8.